The molecule has 3 rings (SSSR count). The zero-order valence-corrected chi connectivity index (χ0v) is 10.4. The lowest BCUT2D eigenvalue weighted by atomic mass is 10.1. The largest absolute Gasteiger partial charge is 0.454 e. The molecular formula is C13H15N3O2. The summed E-state index contributed by atoms with van der Waals surface area (Å²) in [5.41, 5.74) is 8.99. The lowest BCUT2D eigenvalue weighted by molar-refractivity contribution is 0.174. The van der Waals surface area contributed by atoms with E-state index in [0.717, 1.165) is 34.7 Å². The van der Waals surface area contributed by atoms with E-state index in [1.54, 1.807) is 4.68 Å². The van der Waals surface area contributed by atoms with Gasteiger partial charge in [0.25, 0.3) is 0 Å². The molecule has 1 aliphatic rings. The first kappa shape index (κ1) is 11.0. The summed E-state index contributed by atoms with van der Waals surface area (Å²) in [6.45, 7) is 2.35. The van der Waals surface area contributed by atoms with Gasteiger partial charge in [-0.1, -0.05) is 6.92 Å². The quantitative estimate of drug-likeness (QED) is 0.878. The van der Waals surface area contributed by atoms with Crippen LogP contribution in [0.5, 0.6) is 11.5 Å². The number of anilines is 1. The molecule has 1 aliphatic heterocycles. The van der Waals surface area contributed by atoms with Crippen LogP contribution in [-0.2, 0) is 13.5 Å². The third-order valence-corrected chi connectivity index (χ3v) is 3.19. The summed E-state index contributed by atoms with van der Waals surface area (Å²) >= 11 is 0. The van der Waals surface area contributed by atoms with Crippen LogP contribution in [0.1, 0.15) is 12.5 Å². The number of nitrogens with two attached hydrogens (primary N) is 1. The fraction of sp³-hybridized carbons (Fsp3) is 0.308. The molecule has 0 saturated heterocycles. The predicted octanol–water partition coefficient (Wildman–Crippen LogP) is 1.96. The molecule has 1 aromatic carbocycles. The number of benzene rings is 1. The number of fused-ring (bicyclic) bond motifs is 1. The van der Waals surface area contributed by atoms with Crippen LogP contribution in [0.2, 0.25) is 0 Å². The number of hydrogen-bond acceptors (Lipinski definition) is 4. The van der Waals surface area contributed by atoms with Gasteiger partial charge in [0.1, 0.15) is 5.82 Å². The first-order valence-corrected chi connectivity index (χ1v) is 5.92. The van der Waals surface area contributed by atoms with Gasteiger partial charge in [-0.15, -0.1) is 0 Å². The number of nitrogen functional groups attached to an aromatic ring is 1. The van der Waals surface area contributed by atoms with Gasteiger partial charge in [-0.2, -0.15) is 5.10 Å². The van der Waals surface area contributed by atoms with Crippen molar-refractivity contribution in [1.29, 1.82) is 0 Å². The monoisotopic (exact) mass is 245 g/mol. The second-order valence-electron chi connectivity index (χ2n) is 4.26. The summed E-state index contributed by atoms with van der Waals surface area (Å²) < 4.78 is 12.4. The standard InChI is InChI=1S/C13H15N3O2/c1-3-9-12(15-16(2)13(9)14)8-4-5-10-11(6-8)18-7-17-10/h4-6H,3,7,14H2,1-2H3. The predicted molar refractivity (Wildman–Crippen MR) is 68.6 cm³/mol. The Morgan fingerprint density at radius 2 is 2.11 bits per heavy atom. The van der Waals surface area contributed by atoms with Gasteiger partial charge in [0.15, 0.2) is 11.5 Å². The average Bonchev–Trinajstić information content (AvgIpc) is 2.94. The Morgan fingerprint density at radius 3 is 2.89 bits per heavy atom. The van der Waals surface area contributed by atoms with Crippen molar-refractivity contribution in [1.82, 2.24) is 9.78 Å². The third-order valence-electron chi connectivity index (χ3n) is 3.19. The van der Waals surface area contributed by atoms with Crippen LogP contribution >= 0.6 is 0 Å². The molecule has 0 fully saturated rings. The van der Waals surface area contributed by atoms with Gasteiger partial charge < -0.3 is 15.2 Å². The van der Waals surface area contributed by atoms with Gasteiger partial charge in [-0.25, -0.2) is 0 Å². The maximum absolute atomic E-state index is 6.01. The molecule has 2 heterocycles. The highest BCUT2D eigenvalue weighted by atomic mass is 16.7. The van der Waals surface area contributed by atoms with Crippen molar-refractivity contribution >= 4 is 5.82 Å². The molecule has 18 heavy (non-hydrogen) atoms. The zero-order chi connectivity index (χ0) is 12.7. The first-order chi connectivity index (χ1) is 8.70. The van der Waals surface area contributed by atoms with Gasteiger partial charge in [0.05, 0.1) is 5.69 Å². The van der Waals surface area contributed by atoms with Crippen LogP contribution < -0.4 is 15.2 Å². The minimum Gasteiger partial charge on any atom is -0.454 e. The molecule has 2 aromatic rings. The summed E-state index contributed by atoms with van der Waals surface area (Å²) in [6, 6.07) is 5.83. The maximum atomic E-state index is 6.01. The van der Waals surface area contributed by atoms with Crippen molar-refractivity contribution < 1.29 is 9.47 Å². The Kier molecular flexibility index (Phi) is 2.40. The van der Waals surface area contributed by atoms with E-state index in [1.807, 2.05) is 25.2 Å². The Balaban J connectivity index is 2.12. The summed E-state index contributed by atoms with van der Waals surface area (Å²) in [7, 11) is 1.85. The lowest BCUT2D eigenvalue weighted by Crippen LogP contribution is -1.98. The van der Waals surface area contributed by atoms with E-state index < -0.39 is 0 Å². The molecule has 0 amide bonds. The van der Waals surface area contributed by atoms with Crippen LogP contribution in [0.4, 0.5) is 5.82 Å². The van der Waals surface area contributed by atoms with Crippen molar-refractivity contribution in [3.05, 3.63) is 23.8 Å². The number of ether oxygens (including phenoxy) is 2. The Labute approximate surface area is 105 Å². The van der Waals surface area contributed by atoms with Crippen LogP contribution in [0.3, 0.4) is 0 Å². The highest BCUT2D eigenvalue weighted by Gasteiger charge is 2.18. The molecule has 94 valence electrons. The fourth-order valence-electron chi connectivity index (χ4n) is 2.21. The summed E-state index contributed by atoms with van der Waals surface area (Å²) in [6.07, 6.45) is 0.851. The minimum absolute atomic E-state index is 0.282. The molecule has 0 atom stereocenters. The van der Waals surface area contributed by atoms with Crippen molar-refractivity contribution in [2.75, 3.05) is 12.5 Å². The molecule has 0 radical (unpaired) electrons. The third kappa shape index (κ3) is 1.51. The highest BCUT2D eigenvalue weighted by molar-refractivity contribution is 5.71. The molecule has 0 bridgehead atoms. The lowest BCUT2D eigenvalue weighted by Gasteiger charge is -2.02. The van der Waals surface area contributed by atoms with Crippen molar-refractivity contribution in [2.24, 2.45) is 7.05 Å². The number of aromatic nitrogens is 2. The maximum Gasteiger partial charge on any atom is 0.231 e. The average molecular weight is 245 g/mol. The Morgan fingerprint density at radius 1 is 1.33 bits per heavy atom. The van der Waals surface area contributed by atoms with Gasteiger partial charge >= 0.3 is 0 Å². The molecule has 1 aromatic heterocycles. The molecule has 5 heteroatoms. The van der Waals surface area contributed by atoms with E-state index in [2.05, 4.69) is 12.0 Å². The van der Waals surface area contributed by atoms with E-state index in [0.29, 0.717) is 5.82 Å². The molecule has 0 unspecified atom stereocenters. The number of aryl methyl sites for hydroxylation is 1. The second-order valence-corrected chi connectivity index (χ2v) is 4.26. The van der Waals surface area contributed by atoms with E-state index in [1.165, 1.54) is 0 Å². The number of nitrogens with zero attached hydrogens (tertiary/aromatic N) is 2. The molecule has 2 N–H and O–H groups in total. The normalized spacial score (nSPS) is 13.0. The van der Waals surface area contributed by atoms with Crippen LogP contribution in [-0.4, -0.2) is 16.6 Å². The second kappa shape index (κ2) is 3.94. The van der Waals surface area contributed by atoms with Gasteiger partial charge in [-0.05, 0) is 24.6 Å². The summed E-state index contributed by atoms with van der Waals surface area (Å²) in [5, 5.41) is 4.47. The molecule has 0 spiro atoms. The summed E-state index contributed by atoms with van der Waals surface area (Å²) in [4.78, 5) is 0. The van der Waals surface area contributed by atoms with Crippen LogP contribution in [0.15, 0.2) is 18.2 Å². The molecule has 5 nitrogen and oxygen atoms in total. The Hall–Kier alpha value is -2.17. The van der Waals surface area contributed by atoms with Crippen LogP contribution in [0, 0.1) is 0 Å². The fourth-order valence-corrected chi connectivity index (χ4v) is 2.21. The zero-order valence-electron chi connectivity index (χ0n) is 10.4. The number of rotatable bonds is 2. The van der Waals surface area contributed by atoms with E-state index >= 15 is 0 Å². The van der Waals surface area contributed by atoms with Gasteiger partial charge in [0.2, 0.25) is 6.79 Å². The van der Waals surface area contributed by atoms with Gasteiger partial charge in [-0.3, -0.25) is 4.68 Å². The topological polar surface area (TPSA) is 62.3 Å². The summed E-state index contributed by atoms with van der Waals surface area (Å²) in [5.74, 6) is 2.25. The van der Waals surface area contributed by atoms with E-state index in [-0.39, 0.29) is 6.79 Å². The molecule has 0 saturated carbocycles. The molecular weight excluding hydrogens is 230 g/mol. The first-order valence-electron chi connectivity index (χ1n) is 5.92. The number of hydrogen-bond donors (Lipinski definition) is 1. The smallest absolute Gasteiger partial charge is 0.231 e. The highest BCUT2D eigenvalue weighted by Crippen LogP contribution is 2.37. The van der Waals surface area contributed by atoms with E-state index in [9.17, 15) is 0 Å². The molecule has 0 aliphatic carbocycles. The SMILES string of the molecule is CCc1c(-c2ccc3c(c2)OCO3)nn(C)c1N. The minimum atomic E-state index is 0.282. The van der Waals surface area contributed by atoms with Crippen molar-refractivity contribution in [3.8, 4) is 22.8 Å². The van der Waals surface area contributed by atoms with Gasteiger partial charge in [0, 0.05) is 18.2 Å². The van der Waals surface area contributed by atoms with E-state index in [4.69, 9.17) is 15.2 Å². The Bertz CT molecular complexity index is 605. The van der Waals surface area contributed by atoms with Crippen molar-refractivity contribution in [2.45, 2.75) is 13.3 Å². The van der Waals surface area contributed by atoms with Crippen LogP contribution in [0.25, 0.3) is 11.3 Å². The van der Waals surface area contributed by atoms with Crippen molar-refractivity contribution in [3.63, 3.8) is 0 Å².